The summed E-state index contributed by atoms with van der Waals surface area (Å²) in [5.74, 6) is 0.308. The average molecular weight is 260 g/mol. The van der Waals surface area contributed by atoms with Crippen LogP contribution in [-0.2, 0) is 4.79 Å². The Balaban J connectivity index is 2.10. The molecule has 4 heteroatoms. The van der Waals surface area contributed by atoms with Crippen molar-refractivity contribution in [1.82, 2.24) is 0 Å². The number of esters is 1. The molecule has 0 fully saturated rings. The van der Waals surface area contributed by atoms with E-state index in [2.05, 4.69) is 0 Å². The molecule has 0 aromatic heterocycles. The first-order valence-electron chi connectivity index (χ1n) is 5.57. The quantitative estimate of drug-likeness (QED) is 0.581. The van der Waals surface area contributed by atoms with Gasteiger partial charge in [0, 0.05) is 10.7 Å². The predicted molar refractivity (Wildman–Crippen MR) is 70.5 cm³/mol. The number of benzene rings is 2. The van der Waals surface area contributed by atoms with Gasteiger partial charge in [-0.05, 0) is 30.3 Å². The van der Waals surface area contributed by atoms with Crippen LogP contribution in [0.3, 0.4) is 0 Å². The van der Waals surface area contributed by atoms with Gasteiger partial charge in [-0.2, -0.15) is 0 Å². The molecule has 0 saturated carbocycles. The Bertz CT molecular complexity index is 612. The number of ether oxygens (including phenoxy) is 1. The summed E-state index contributed by atoms with van der Waals surface area (Å²) in [6.45, 7) is 0.192. The molecule has 0 unspecified atom stereocenters. The fraction of sp³-hybridized carbons (Fsp3) is 0.0714. The monoisotopic (exact) mass is 259 g/mol. The van der Waals surface area contributed by atoms with Crippen LogP contribution in [0, 0.1) is 0 Å². The number of nitrogens with zero attached hydrogens (tertiary/aromatic N) is 1. The third-order valence-electron chi connectivity index (χ3n) is 2.79. The number of hydrogen-bond donors (Lipinski definition) is 0. The average Bonchev–Trinajstić information content (AvgIpc) is 2.37. The van der Waals surface area contributed by atoms with E-state index >= 15 is 0 Å². The van der Waals surface area contributed by atoms with E-state index in [-0.39, 0.29) is 12.5 Å². The lowest BCUT2D eigenvalue weighted by atomic mass is 10.2. The number of hydrogen-bond acceptors (Lipinski definition) is 3. The van der Waals surface area contributed by atoms with Gasteiger partial charge < -0.3 is 9.64 Å². The molecule has 0 radical (unpaired) electrons. The van der Waals surface area contributed by atoms with E-state index in [1.807, 2.05) is 41.3 Å². The van der Waals surface area contributed by atoms with Crippen molar-refractivity contribution in [2.24, 2.45) is 0 Å². The summed E-state index contributed by atoms with van der Waals surface area (Å²) >= 11 is 5.98. The van der Waals surface area contributed by atoms with E-state index < -0.39 is 0 Å². The highest BCUT2D eigenvalue weighted by Gasteiger charge is 2.24. The van der Waals surface area contributed by atoms with Gasteiger partial charge in [-0.15, -0.1) is 0 Å². The highest BCUT2D eigenvalue weighted by atomic mass is 35.5. The fourth-order valence-electron chi connectivity index (χ4n) is 2.01. The number of carbonyl (C=O) groups excluding carboxylic acids is 1. The number of para-hydroxylation sites is 2. The van der Waals surface area contributed by atoms with Crippen LogP contribution in [0.15, 0.2) is 48.5 Å². The SMILES string of the molecule is O=C1CN(c2cccc(Cl)c2)c2ccccc2O1. The summed E-state index contributed by atoms with van der Waals surface area (Å²) < 4.78 is 5.20. The van der Waals surface area contributed by atoms with Gasteiger partial charge in [-0.3, -0.25) is 0 Å². The second-order valence-electron chi connectivity index (χ2n) is 4.01. The van der Waals surface area contributed by atoms with E-state index in [1.165, 1.54) is 0 Å². The summed E-state index contributed by atoms with van der Waals surface area (Å²) in [6, 6.07) is 14.9. The number of anilines is 2. The van der Waals surface area contributed by atoms with E-state index in [9.17, 15) is 4.79 Å². The third-order valence-corrected chi connectivity index (χ3v) is 3.02. The number of rotatable bonds is 1. The Labute approximate surface area is 110 Å². The van der Waals surface area contributed by atoms with Crippen molar-refractivity contribution in [3.8, 4) is 5.75 Å². The number of fused-ring (bicyclic) bond motifs is 1. The van der Waals surface area contributed by atoms with Crippen LogP contribution in [0.2, 0.25) is 5.02 Å². The molecule has 18 heavy (non-hydrogen) atoms. The molecule has 0 bridgehead atoms. The normalized spacial score (nSPS) is 14.1. The second-order valence-corrected chi connectivity index (χ2v) is 4.44. The molecule has 2 aromatic rings. The zero-order valence-corrected chi connectivity index (χ0v) is 10.2. The van der Waals surface area contributed by atoms with Crippen LogP contribution in [0.25, 0.3) is 0 Å². The summed E-state index contributed by atoms with van der Waals surface area (Å²) in [7, 11) is 0. The topological polar surface area (TPSA) is 29.5 Å². The largest absolute Gasteiger partial charge is 0.423 e. The summed E-state index contributed by atoms with van der Waals surface area (Å²) in [6.07, 6.45) is 0. The highest BCUT2D eigenvalue weighted by molar-refractivity contribution is 6.30. The molecule has 90 valence electrons. The summed E-state index contributed by atoms with van der Waals surface area (Å²) in [4.78, 5) is 13.5. The van der Waals surface area contributed by atoms with E-state index in [4.69, 9.17) is 16.3 Å². The van der Waals surface area contributed by atoms with Gasteiger partial charge in [-0.1, -0.05) is 29.8 Å². The zero-order valence-electron chi connectivity index (χ0n) is 9.47. The first-order valence-corrected chi connectivity index (χ1v) is 5.95. The molecule has 0 saturated heterocycles. The molecule has 1 aliphatic rings. The third kappa shape index (κ3) is 1.93. The van der Waals surface area contributed by atoms with Crippen LogP contribution < -0.4 is 9.64 Å². The van der Waals surface area contributed by atoms with Gasteiger partial charge in [0.25, 0.3) is 0 Å². The number of halogens is 1. The molecule has 0 atom stereocenters. The molecule has 1 aliphatic heterocycles. The number of carbonyl (C=O) groups is 1. The standard InChI is InChI=1S/C14H10ClNO2/c15-10-4-3-5-11(8-10)16-9-14(17)18-13-7-2-1-6-12(13)16/h1-8H,9H2. The first-order chi connectivity index (χ1) is 8.74. The lowest BCUT2D eigenvalue weighted by Crippen LogP contribution is -2.33. The van der Waals surface area contributed by atoms with Gasteiger partial charge in [0.15, 0.2) is 5.75 Å². The molecule has 0 N–H and O–H groups in total. The molecule has 3 rings (SSSR count). The minimum atomic E-state index is -0.270. The van der Waals surface area contributed by atoms with Crippen molar-refractivity contribution < 1.29 is 9.53 Å². The van der Waals surface area contributed by atoms with Gasteiger partial charge in [0.1, 0.15) is 6.54 Å². The second kappa shape index (κ2) is 4.35. The van der Waals surface area contributed by atoms with Crippen LogP contribution in [0.1, 0.15) is 0 Å². The maximum absolute atomic E-state index is 11.6. The van der Waals surface area contributed by atoms with Crippen LogP contribution >= 0.6 is 11.6 Å². The van der Waals surface area contributed by atoms with Crippen molar-refractivity contribution in [2.75, 3.05) is 11.4 Å². The van der Waals surface area contributed by atoms with E-state index in [1.54, 1.807) is 12.1 Å². The maximum Gasteiger partial charge on any atom is 0.331 e. The molecular formula is C14H10ClNO2. The minimum absolute atomic E-state index is 0.192. The van der Waals surface area contributed by atoms with Crippen molar-refractivity contribution in [3.63, 3.8) is 0 Å². The molecule has 1 heterocycles. The van der Waals surface area contributed by atoms with E-state index in [0.29, 0.717) is 10.8 Å². The zero-order chi connectivity index (χ0) is 12.5. The smallest absolute Gasteiger partial charge is 0.331 e. The van der Waals surface area contributed by atoms with Crippen LogP contribution in [0.5, 0.6) is 5.75 Å². The van der Waals surface area contributed by atoms with Gasteiger partial charge in [0.05, 0.1) is 5.69 Å². The van der Waals surface area contributed by atoms with Crippen LogP contribution in [0.4, 0.5) is 11.4 Å². The molecule has 2 aromatic carbocycles. The Morgan fingerprint density at radius 2 is 1.94 bits per heavy atom. The molecule has 0 aliphatic carbocycles. The summed E-state index contributed by atoms with van der Waals surface area (Å²) in [5, 5.41) is 0.643. The lowest BCUT2D eigenvalue weighted by Gasteiger charge is -2.29. The Kier molecular flexibility index (Phi) is 2.68. The van der Waals surface area contributed by atoms with Crippen molar-refractivity contribution >= 4 is 28.9 Å². The Morgan fingerprint density at radius 3 is 2.78 bits per heavy atom. The Hall–Kier alpha value is -2.00. The molecular weight excluding hydrogens is 250 g/mol. The Morgan fingerprint density at radius 1 is 1.11 bits per heavy atom. The fourth-order valence-corrected chi connectivity index (χ4v) is 2.19. The van der Waals surface area contributed by atoms with Crippen molar-refractivity contribution in [3.05, 3.63) is 53.6 Å². The predicted octanol–water partition coefficient (Wildman–Crippen LogP) is 3.40. The lowest BCUT2D eigenvalue weighted by molar-refractivity contribution is -0.133. The van der Waals surface area contributed by atoms with Gasteiger partial charge in [0.2, 0.25) is 0 Å². The van der Waals surface area contributed by atoms with Crippen molar-refractivity contribution in [2.45, 2.75) is 0 Å². The first kappa shape index (κ1) is 11.1. The summed E-state index contributed by atoms with van der Waals surface area (Å²) in [5.41, 5.74) is 1.76. The molecule has 0 spiro atoms. The van der Waals surface area contributed by atoms with Crippen LogP contribution in [-0.4, -0.2) is 12.5 Å². The van der Waals surface area contributed by atoms with Gasteiger partial charge >= 0.3 is 5.97 Å². The molecule has 0 amide bonds. The maximum atomic E-state index is 11.6. The molecule has 3 nitrogen and oxygen atoms in total. The minimum Gasteiger partial charge on any atom is -0.423 e. The van der Waals surface area contributed by atoms with E-state index in [0.717, 1.165) is 11.4 Å². The highest BCUT2D eigenvalue weighted by Crippen LogP contribution is 2.37. The van der Waals surface area contributed by atoms with Crippen molar-refractivity contribution in [1.29, 1.82) is 0 Å². The van der Waals surface area contributed by atoms with Gasteiger partial charge in [-0.25, -0.2) is 4.79 Å².